The summed E-state index contributed by atoms with van der Waals surface area (Å²) in [5.74, 6) is -2.00. The van der Waals surface area contributed by atoms with Gasteiger partial charge in [-0.25, -0.2) is 14.6 Å². The van der Waals surface area contributed by atoms with E-state index < -0.39 is 39.0 Å². The Kier molecular flexibility index (Phi) is 9.69. The first-order valence-corrected chi connectivity index (χ1v) is 11.0. The SMILES string of the molecule is CC(C)(C)OC(=O)C(C)(C)O/N=C(\C(=O)O)c1csc(N)n1.CCOS(C)(=O)=O. The van der Waals surface area contributed by atoms with E-state index in [-0.39, 0.29) is 17.4 Å². The second-order valence-electron chi connectivity index (χ2n) is 7.03. The number of oxime groups is 1. The number of thiazole rings is 1. The number of nitrogens with zero attached hydrogens (tertiary/aromatic N) is 2. The molecule has 0 aliphatic heterocycles. The minimum Gasteiger partial charge on any atom is -0.476 e. The zero-order valence-electron chi connectivity index (χ0n) is 17.4. The van der Waals surface area contributed by atoms with Crippen LogP contribution in [0.4, 0.5) is 5.13 Å². The summed E-state index contributed by atoms with van der Waals surface area (Å²) in [5.41, 5.74) is 2.94. The van der Waals surface area contributed by atoms with Gasteiger partial charge in [0.2, 0.25) is 11.3 Å². The molecule has 0 unspecified atom stereocenters. The monoisotopic (exact) mass is 453 g/mol. The molecule has 0 bridgehead atoms. The van der Waals surface area contributed by atoms with E-state index in [1.807, 2.05) is 0 Å². The Morgan fingerprint density at radius 3 is 2.14 bits per heavy atom. The molecule has 1 aromatic heterocycles. The van der Waals surface area contributed by atoms with Gasteiger partial charge in [-0.05, 0) is 41.5 Å². The molecule has 0 aliphatic carbocycles. The molecule has 0 radical (unpaired) electrons. The number of hydrogen-bond donors (Lipinski definition) is 2. The highest BCUT2D eigenvalue weighted by Gasteiger charge is 2.36. The van der Waals surface area contributed by atoms with Gasteiger partial charge in [0.25, 0.3) is 10.1 Å². The van der Waals surface area contributed by atoms with Crippen LogP contribution in [0.5, 0.6) is 0 Å². The summed E-state index contributed by atoms with van der Waals surface area (Å²) in [6, 6.07) is 0. The van der Waals surface area contributed by atoms with Crippen molar-refractivity contribution in [3.8, 4) is 0 Å². The predicted octanol–water partition coefficient (Wildman–Crippen LogP) is 1.63. The van der Waals surface area contributed by atoms with Gasteiger partial charge in [-0.15, -0.1) is 11.3 Å². The molecule has 3 N–H and O–H groups in total. The number of ether oxygens (including phenoxy) is 1. The first-order chi connectivity index (χ1) is 13.0. The Bertz CT molecular complexity index is 839. The molecular formula is C16H27N3O8S2. The molecule has 1 aromatic rings. The lowest BCUT2D eigenvalue weighted by Crippen LogP contribution is -2.40. The standard InChI is InChI=1S/C13H19N3O5S.C3H8O3S/c1-12(2,3)20-10(19)13(4,5)21-16-8(9(17)18)7-6-22-11(14)15-7;1-3-6-7(2,4)5/h6H,1-5H3,(H2,14,15)(H,17,18);3H2,1-2H3/b16-8-;. The highest BCUT2D eigenvalue weighted by Crippen LogP contribution is 2.19. The van der Waals surface area contributed by atoms with Gasteiger partial charge in [-0.1, -0.05) is 5.16 Å². The Balaban J connectivity index is 0.000000956. The lowest BCUT2D eigenvalue weighted by molar-refractivity contribution is -0.179. The number of aliphatic carboxylic acids is 1. The average Bonchev–Trinajstić information content (AvgIpc) is 2.90. The summed E-state index contributed by atoms with van der Waals surface area (Å²) in [6.07, 6.45) is 1.02. The van der Waals surface area contributed by atoms with Gasteiger partial charge < -0.3 is 20.4 Å². The fraction of sp³-hybridized carbons (Fsp3) is 0.625. The molecule has 0 saturated heterocycles. The lowest BCUT2D eigenvalue weighted by Gasteiger charge is -2.26. The number of nitrogens with two attached hydrogens (primary N) is 1. The van der Waals surface area contributed by atoms with Crippen molar-refractivity contribution in [2.75, 3.05) is 18.6 Å². The van der Waals surface area contributed by atoms with Gasteiger partial charge in [-0.3, -0.25) is 4.18 Å². The van der Waals surface area contributed by atoms with Crippen molar-refractivity contribution in [2.45, 2.75) is 52.7 Å². The zero-order chi connectivity index (χ0) is 23.0. The van der Waals surface area contributed by atoms with E-state index in [9.17, 15) is 18.0 Å². The molecule has 166 valence electrons. The van der Waals surface area contributed by atoms with E-state index in [0.717, 1.165) is 17.6 Å². The lowest BCUT2D eigenvalue weighted by atomic mass is 10.1. The number of carbonyl (C=O) groups is 2. The van der Waals surface area contributed by atoms with Gasteiger partial charge in [0.15, 0.2) is 5.13 Å². The van der Waals surface area contributed by atoms with Crippen LogP contribution in [0.2, 0.25) is 0 Å². The number of carboxylic acid groups (broad SMARTS) is 1. The topological polar surface area (TPSA) is 167 Å². The second kappa shape index (κ2) is 10.5. The summed E-state index contributed by atoms with van der Waals surface area (Å²) in [6.45, 7) is 9.85. The minimum absolute atomic E-state index is 0.0648. The van der Waals surface area contributed by atoms with Crippen LogP contribution in [0.1, 0.15) is 47.2 Å². The van der Waals surface area contributed by atoms with Crippen LogP contribution in [-0.2, 0) is 33.5 Å². The molecule has 0 aliphatic rings. The number of esters is 1. The number of aromatic nitrogens is 1. The van der Waals surface area contributed by atoms with E-state index in [1.54, 1.807) is 27.7 Å². The molecular weight excluding hydrogens is 426 g/mol. The Labute approximate surface area is 174 Å². The molecule has 0 fully saturated rings. The number of carboxylic acids is 1. The third kappa shape index (κ3) is 11.4. The maximum atomic E-state index is 12.0. The fourth-order valence-corrected chi connectivity index (χ4v) is 2.38. The van der Waals surface area contributed by atoms with Crippen molar-refractivity contribution in [1.82, 2.24) is 4.98 Å². The molecule has 13 heteroatoms. The van der Waals surface area contributed by atoms with Gasteiger partial charge in [0, 0.05) is 5.38 Å². The van der Waals surface area contributed by atoms with E-state index >= 15 is 0 Å². The number of hydrogen-bond acceptors (Lipinski definition) is 11. The number of nitrogen functional groups attached to an aromatic ring is 1. The van der Waals surface area contributed by atoms with Crippen molar-refractivity contribution >= 4 is 44.2 Å². The molecule has 0 amide bonds. The second-order valence-corrected chi connectivity index (χ2v) is 9.56. The molecule has 1 rings (SSSR count). The normalized spacial score (nSPS) is 12.6. The van der Waals surface area contributed by atoms with Crippen LogP contribution in [0, 0.1) is 0 Å². The highest BCUT2D eigenvalue weighted by molar-refractivity contribution is 7.85. The maximum absolute atomic E-state index is 12.0. The Morgan fingerprint density at radius 1 is 1.28 bits per heavy atom. The molecule has 0 atom stereocenters. The van der Waals surface area contributed by atoms with Gasteiger partial charge >= 0.3 is 11.9 Å². The highest BCUT2D eigenvalue weighted by atomic mass is 32.2. The fourth-order valence-electron chi connectivity index (χ4n) is 1.40. The first kappa shape index (κ1) is 26.8. The smallest absolute Gasteiger partial charge is 0.360 e. The summed E-state index contributed by atoms with van der Waals surface area (Å²) in [5, 5.41) is 14.3. The Hall–Kier alpha value is -2.25. The third-order valence-corrected chi connectivity index (χ3v) is 3.89. The molecule has 0 aromatic carbocycles. The van der Waals surface area contributed by atoms with E-state index in [4.69, 9.17) is 20.4 Å². The first-order valence-electron chi connectivity index (χ1n) is 8.27. The van der Waals surface area contributed by atoms with E-state index in [1.165, 1.54) is 19.2 Å². The van der Waals surface area contributed by atoms with Crippen molar-refractivity contribution in [2.24, 2.45) is 5.16 Å². The summed E-state index contributed by atoms with van der Waals surface area (Å²) in [7, 11) is -3.17. The van der Waals surface area contributed by atoms with Crippen LogP contribution in [-0.4, -0.2) is 60.2 Å². The molecule has 0 spiro atoms. The van der Waals surface area contributed by atoms with Crippen molar-refractivity contribution < 1.29 is 36.9 Å². The molecule has 29 heavy (non-hydrogen) atoms. The zero-order valence-corrected chi connectivity index (χ0v) is 19.0. The molecule has 0 saturated carbocycles. The van der Waals surface area contributed by atoms with E-state index in [0.29, 0.717) is 0 Å². The number of carbonyl (C=O) groups excluding carboxylic acids is 1. The van der Waals surface area contributed by atoms with Gasteiger partial charge in [-0.2, -0.15) is 8.42 Å². The van der Waals surface area contributed by atoms with Crippen molar-refractivity contribution in [3.63, 3.8) is 0 Å². The van der Waals surface area contributed by atoms with Crippen LogP contribution in [0.3, 0.4) is 0 Å². The number of rotatable bonds is 7. The summed E-state index contributed by atoms with van der Waals surface area (Å²) in [4.78, 5) is 32.1. The van der Waals surface area contributed by atoms with Crippen LogP contribution in [0.25, 0.3) is 0 Å². The van der Waals surface area contributed by atoms with Crippen molar-refractivity contribution in [3.05, 3.63) is 11.1 Å². The molecule has 11 nitrogen and oxygen atoms in total. The largest absolute Gasteiger partial charge is 0.476 e. The quantitative estimate of drug-likeness (QED) is 0.268. The predicted molar refractivity (Wildman–Crippen MR) is 108 cm³/mol. The maximum Gasteiger partial charge on any atom is 0.360 e. The third-order valence-electron chi connectivity index (χ3n) is 2.55. The van der Waals surface area contributed by atoms with Crippen molar-refractivity contribution in [1.29, 1.82) is 0 Å². The summed E-state index contributed by atoms with van der Waals surface area (Å²) < 4.78 is 29.4. The van der Waals surface area contributed by atoms with Crippen LogP contribution in [0.15, 0.2) is 10.5 Å². The van der Waals surface area contributed by atoms with Gasteiger partial charge in [0.05, 0.1) is 12.9 Å². The average molecular weight is 454 g/mol. The molecule has 1 heterocycles. The summed E-state index contributed by atoms with van der Waals surface area (Å²) >= 11 is 1.07. The minimum atomic E-state index is -3.17. The van der Waals surface area contributed by atoms with Crippen LogP contribution >= 0.6 is 11.3 Å². The van der Waals surface area contributed by atoms with E-state index in [2.05, 4.69) is 14.3 Å². The Morgan fingerprint density at radius 2 is 1.83 bits per heavy atom. The number of anilines is 1. The van der Waals surface area contributed by atoms with Crippen LogP contribution < -0.4 is 5.73 Å². The van der Waals surface area contributed by atoms with Gasteiger partial charge in [0.1, 0.15) is 11.3 Å².